The molecule has 2 N–H and O–H groups in total. The maximum atomic E-state index is 4.62. The molecule has 0 aromatic carbocycles. The lowest BCUT2D eigenvalue weighted by atomic mass is 10.2. The minimum absolute atomic E-state index is 0. The number of aliphatic imine (C=N–C) groups is 1. The number of hydrogen-bond donors (Lipinski definition) is 2. The van der Waals surface area contributed by atoms with E-state index in [2.05, 4.69) is 41.5 Å². The van der Waals surface area contributed by atoms with E-state index >= 15 is 0 Å². The molecule has 0 heterocycles. The summed E-state index contributed by atoms with van der Waals surface area (Å²) in [6, 6.07) is 0.640. The summed E-state index contributed by atoms with van der Waals surface area (Å²) in [4.78, 5) is 6.82. The molecule has 108 valence electrons. The van der Waals surface area contributed by atoms with Crippen LogP contribution in [0.5, 0.6) is 0 Å². The van der Waals surface area contributed by atoms with Crippen molar-refractivity contribution < 1.29 is 0 Å². The van der Waals surface area contributed by atoms with E-state index in [9.17, 15) is 0 Å². The lowest BCUT2D eigenvalue weighted by molar-refractivity contribution is 0.403. The van der Waals surface area contributed by atoms with E-state index in [0.717, 1.165) is 32.0 Å². The van der Waals surface area contributed by atoms with Crippen molar-refractivity contribution in [1.82, 2.24) is 15.5 Å². The van der Waals surface area contributed by atoms with Crippen molar-refractivity contribution in [2.24, 2.45) is 4.99 Å². The average molecular weight is 368 g/mol. The van der Waals surface area contributed by atoms with Crippen LogP contribution in [0.1, 0.15) is 39.0 Å². The monoisotopic (exact) mass is 368 g/mol. The van der Waals surface area contributed by atoms with Crippen molar-refractivity contribution in [2.75, 3.05) is 33.7 Å². The molecule has 1 aliphatic rings. The van der Waals surface area contributed by atoms with E-state index in [0.29, 0.717) is 6.04 Å². The van der Waals surface area contributed by atoms with Crippen LogP contribution < -0.4 is 10.6 Å². The van der Waals surface area contributed by atoms with Crippen LogP contribution in [0.3, 0.4) is 0 Å². The summed E-state index contributed by atoms with van der Waals surface area (Å²) in [5.74, 6) is 0.998. The summed E-state index contributed by atoms with van der Waals surface area (Å²) >= 11 is 0. The maximum absolute atomic E-state index is 4.62. The second kappa shape index (κ2) is 10.8. The molecule has 0 amide bonds. The Hall–Kier alpha value is -0.0400. The second-order valence-electron chi connectivity index (χ2n) is 5.04. The summed E-state index contributed by atoms with van der Waals surface area (Å²) in [6.45, 7) is 5.06. The highest BCUT2D eigenvalue weighted by Gasteiger charge is 2.15. The van der Waals surface area contributed by atoms with Crippen molar-refractivity contribution in [3.05, 3.63) is 0 Å². The standard InChI is InChI=1S/C13H28N4.HI/c1-4-14-13(15-10-7-11-17(2)3)16-12-8-5-6-9-12;/h12H,4-11H2,1-3H3,(H2,14,15,16);1H. The van der Waals surface area contributed by atoms with Gasteiger partial charge in [0.25, 0.3) is 0 Å². The Labute approximate surface area is 129 Å². The van der Waals surface area contributed by atoms with Gasteiger partial charge in [0.2, 0.25) is 0 Å². The summed E-state index contributed by atoms with van der Waals surface area (Å²) in [5, 5.41) is 6.85. The van der Waals surface area contributed by atoms with Crippen LogP contribution in [0.2, 0.25) is 0 Å². The Kier molecular flexibility index (Phi) is 10.8. The van der Waals surface area contributed by atoms with Gasteiger partial charge in [0.15, 0.2) is 5.96 Å². The summed E-state index contributed by atoms with van der Waals surface area (Å²) in [7, 11) is 4.21. The summed E-state index contributed by atoms with van der Waals surface area (Å²) < 4.78 is 0. The third-order valence-electron chi connectivity index (χ3n) is 3.07. The molecule has 1 fully saturated rings. The number of hydrogen-bond acceptors (Lipinski definition) is 2. The molecule has 0 unspecified atom stereocenters. The van der Waals surface area contributed by atoms with E-state index < -0.39 is 0 Å². The van der Waals surface area contributed by atoms with Gasteiger partial charge in [-0.1, -0.05) is 12.8 Å². The molecule has 0 radical (unpaired) electrons. The largest absolute Gasteiger partial charge is 0.357 e. The lowest BCUT2D eigenvalue weighted by Gasteiger charge is -2.16. The molecule has 5 heteroatoms. The van der Waals surface area contributed by atoms with E-state index in [4.69, 9.17) is 0 Å². The number of nitrogens with one attached hydrogen (secondary N) is 2. The Morgan fingerprint density at radius 3 is 2.50 bits per heavy atom. The van der Waals surface area contributed by atoms with E-state index in [1.165, 1.54) is 25.7 Å². The van der Waals surface area contributed by atoms with Crippen LogP contribution in [0, 0.1) is 0 Å². The van der Waals surface area contributed by atoms with Gasteiger partial charge in [-0.15, -0.1) is 24.0 Å². The summed E-state index contributed by atoms with van der Waals surface area (Å²) in [5.41, 5.74) is 0. The Morgan fingerprint density at radius 2 is 1.94 bits per heavy atom. The molecule has 0 atom stereocenters. The molecule has 0 aliphatic heterocycles. The van der Waals surface area contributed by atoms with Gasteiger partial charge < -0.3 is 15.5 Å². The third-order valence-corrected chi connectivity index (χ3v) is 3.07. The molecule has 18 heavy (non-hydrogen) atoms. The first-order valence-corrected chi connectivity index (χ1v) is 6.92. The zero-order valence-corrected chi connectivity index (χ0v) is 14.4. The summed E-state index contributed by atoms with van der Waals surface area (Å²) in [6.07, 6.45) is 6.42. The Bertz CT molecular complexity index is 225. The maximum Gasteiger partial charge on any atom is 0.191 e. The first kappa shape index (κ1) is 18.0. The number of rotatable bonds is 6. The molecule has 0 spiro atoms. The highest BCUT2D eigenvalue weighted by molar-refractivity contribution is 14.0. The van der Waals surface area contributed by atoms with Crippen molar-refractivity contribution in [3.63, 3.8) is 0 Å². The quantitative estimate of drug-likeness (QED) is 0.326. The Morgan fingerprint density at radius 1 is 1.28 bits per heavy atom. The SMILES string of the molecule is CCNC(=NCCCN(C)C)NC1CCCC1.I. The van der Waals surface area contributed by atoms with E-state index in [1.807, 2.05) is 0 Å². The zero-order valence-electron chi connectivity index (χ0n) is 12.0. The van der Waals surface area contributed by atoms with Crippen LogP contribution >= 0.6 is 24.0 Å². The smallest absolute Gasteiger partial charge is 0.191 e. The van der Waals surface area contributed by atoms with Crippen LogP contribution in [0.25, 0.3) is 0 Å². The topological polar surface area (TPSA) is 39.7 Å². The number of nitrogens with zero attached hydrogens (tertiary/aromatic N) is 2. The van der Waals surface area contributed by atoms with Crippen molar-refractivity contribution >= 4 is 29.9 Å². The molecular weight excluding hydrogens is 339 g/mol. The lowest BCUT2D eigenvalue weighted by Crippen LogP contribution is -2.42. The van der Waals surface area contributed by atoms with Gasteiger partial charge in [-0.3, -0.25) is 4.99 Å². The van der Waals surface area contributed by atoms with Crippen LogP contribution in [0.15, 0.2) is 4.99 Å². The highest BCUT2D eigenvalue weighted by atomic mass is 127. The fourth-order valence-corrected chi connectivity index (χ4v) is 2.16. The molecule has 1 aliphatic carbocycles. The van der Waals surface area contributed by atoms with Gasteiger partial charge in [-0.25, -0.2) is 0 Å². The van der Waals surface area contributed by atoms with Crippen molar-refractivity contribution in [3.8, 4) is 0 Å². The van der Waals surface area contributed by atoms with Crippen molar-refractivity contribution in [2.45, 2.75) is 45.1 Å². The van der Waals surface area contributed by atoms with Gasteiger partial charge in [0.05, 0.1) is 0 Å². The molecule has 0 aromatic heterocycles. The third kappa shape index (κ3) is 8.13. The predicted molar refractivity (Wildman–Crippen MR) is 90.0 cm³/mol. The molecule has 4 nitrogen and oxygen atoms in total. The minimum atomic E-state index is 0. The van der Waals surface area contributed by atoms with E-state index in [-0.39, 0.29) is 24.0 Å². The molecule has 1 rings (SSSR count). The van der Waals surface area contributed by atoms with Gasteiger partial charge in [0.1, 0.15) is 0 Å². The molecule has 1 saturated carbocycles. The van der Waals surface area contributed by atoms with Gasteiger partial charge in [-0.05, 0) is 46.8 Å². The fourth-order valence-electron chi connectivity index (χ4n) is 2.16. The molecule has 0 saturated heterocycles. The van der Waals surface area contributed by atoms with Gasteiger partial charge >= 0.3 is 0 Å². The first-order chi connectivity index (χ1) is 8.22. The van der Waals surface area contributed by atoms with E-state index in [1.54, 1.807) is 0 Å². The zero-order chi connectivity index (χ0) is 12.5. The number of guanidine groups is 1. The minimum Gasteiger partial charge on any atom is -0.357 e. The average Bonchev–Trinajstić information content (AvgIpc) is 2.77. The van der Waals surface area contributed by atoms with Gasteiger partial charge in [-0.2, -0.15) is 0 Å². The van der Waals surface area contributed by atoms with Crippen LogP contribution in [-0.4, -0.2) is 50.6 Å². The number of halogens is 1. The molecule has 0 bridgehead atoms. The molecular formula is C13H29IN4. The normalized spacial score (nSPS) is 16.8. The van der Waals surface area contributed by atoms with Gasteiger partial charge in [0, 0.05) is 19.1 Å². The fraction of sp³-hybridized carbons (Fsp3) is 0.923. The first-order valence-electron chi connectivity index (χ1n) is 6.92. The predicted octanol–water partition coefficient (Wildman–Crippen LogP) is 2.05. The van der Waals surface area contributed by atoms with Crippen LogP contribution in [0.4, 0.5) is 0 Å². The molecule has 0 aromatic rings. The second-order valence-corrected chi connectivity index (χ2v) is 5.04. The Balaban J connectivity index is 0.00000289. The van der Waals surface area contributed by atoms with Crippen LogP contribution in [-0.2, 0) is 0 Å². The highest BCUT2D eigenvalue weighted by Crippen LogP contribution is 2.17. The van der Waals surface area contributed by atoms with Crippen molar-refractivity contribution in [1.29, 1.82) is 0 Å².